The van der Waals surface area contributed by atoms with Crippen molar-refractivity contribution in [3.8, 4) is 0 Å². The maximum absolute atomic E-state index is 12.2. The van der Waals surface area contributed by atoms with Gasteiger partial charge in [-0.15, -0.1) is 0 Å². The van der Waals surface area contributed by atoms with Crippen molar-refractivity contribution in [2.24, 2.45) is 17.6 Å². The number of carbonyl (C=O) groups is 3. The van der Waals surface area contributed by atoms with Gasteiger partial charge in [-0.1, -0.05) is 45.9 Å². The highest BCUT2D eigenvalue weighted by Gasteiger charge is 2.28. The molecule has 138 valence electrons. The molecule has 2 unspecified atom stereocenters. The van der Waals surface area contributed by atoms with E-state index in [2.05, 4.69) is 5.32 Å². The minimum Gasteiger partial charge on any atom is -0.426 e. The number of esters is 2. The van der Waals surface area contributed by atoms with Gasteiger partial charge in [0.1, 0.15) is 6.04 Å². The molecule has 0 aliphatic rings. The largest absolute Gasteiger partial charge is 0.426 e. The molecule has 25 heavy (non-hydrogen) atoms. The monoisotopic (exact) mass is 350 g/mol. The number of benzene rings is 1. The van der Waals surface area contributed by atoms with Crippen LogP contribution in [0.25, 0.3) is 0 Å². The van der Waals surface area contributed by atoms with Crippen molar-refractivity contribution in [2.75, 3.05) is 6.79 Å². The van der Waals surface area contributed by atoms with Crippen LogP contribution in [0.2, 0.25) is 0 Å². The molecule has 0 radical (unpaired) electrons. The standard InChI is InChI=1S/C18H26N2O5/c1-11(2)14(19)16(21)20-15(12(3)4)18(23)25-10-24-17(22)13-8-6-5-7-9-13/h5-9,11-12,14-15H,10,19H2,1-4H3,(H,20,21). The second-order valence-corrected chi connectivity index (χ2v) is 6.38. The van der Waals surface area contributed by atoms with E-state index in [1.165, 1.54) is 0 Å². The summed E-state index contributed by atoms with van der Waals surface area (Å²) in [7, 11) is 0. The molecule has 0 saturated carbocycles. The molecule has 1 aromatic carbocycles. The summed E-state index contributed by atoms with van der Waals surface area (Å²) in [4.78, 5) is 36.0. The highest BCUT2D eigenvalue weighted by molar-refractivity contribution is 5.89. The van der Waals surface area contributed by atoms with Crippen LogP contribution in [0, 0.1) is 11.8 Å². The number of carbonyl (C=O) groups excluding carboxylic acids is 3. The van der Waals surface area contributed by atoms with E-state index >= 15 is 0 Å². The maximum Gasteiger partial charge on any atom is 0.340 e. The van der Waals surface area contributed by atoms with Gasteiger partial charge >= 0.3 is 11.9 Å². The fraction of sp³-hybridized carbons (Fsp3) is 0.500. The Morgan fingerprint density at radius 3 is 2.12 bits per heavy atom. The number of nitrogens with one attached hydrogen (secondary N) is 1. The van der Waals surface area contributed by atoms with E-state index in [0.29, 0.717) is 5.56 Å². The van der Waals surface area contributed by atoms with Crippen LogP contribution in [0.3, 0.4) is 0 Å². The molecule has 0 heterocycles. The third-order valence-corrected chi connectivity index (χ3v) is 3.64. The molecule has 0 aliphatic heterocycles. The predicted octanol–water partition coefficient (Wildman–Crippen LogP) is 1.47. The Kier molecular flexibility index (Phi) is 8.07. The molecule has 0 saturated heterocycles. The van der Waals surface area contributed by atoms with E-state index in [4.69, 9.17) is 15.2 Å². The molecular formula is C18H26N2O5. The molecule has 1 amide bonds. The normalized spacial score (nSPS) is 13.2. The summed E-state index contributed by atoms with van der Waals surface area (Å²) < 4.78 is 9.86. The summed E-state index contributed by atoms with van der Waals surface area (Å²) in [6, 6.07) is 6.77. The Morgan fingerprint density at radius 2 is 1.60 bits per heavy atom. The molecule has 7 heteroatoms. The van der Waals surface area contributed by atoms with Crippen molar-refractivity contribution in [1.29, 1.82) is 0 Å². The summed E-state index contributed by atoms with van der Waals surface area (Å²) >= 11 is 0. The molecule has 0 aliphatic carbocycles. The van der Waals surface area contributed by atoms with E-state index in [0.717, 1.165) is 0 Å². The summed E-state index contributed by atoms with van der Waals surface area (Å²) in [6.07, 6.45) is 0. The number of hydrogen-bond donors (Lipinski definition) is 2. The Labute approximate surface area is 147 Å². The molecule has 0 fully saturated rings. The van der Waals surface area contributed by atoms with Gasteiger partial charge < -0.3 is 20.5 Å². The average molecular weight is 350 g/mol. The summed E-state index contributed by atoms with van der Waals surface area (Å²) in [5.74, 6) is -1.97. The van der Waals surface area contributed by atoms with E-state index in [9.17, 15) is 14.4 Å². The minimum absolute atomic E-state index is 0.0596. The second kappa shape index (κ2) is 9.78. The van der Waals surface area contributed by atoms with Crippen molar-refractivity contribution in [3.63, 3.8) is 0 Å². The lowest BCUT2D eigenvalue weighted by Crippen LogP contribution is -2.52. The Balaban J connectivity index is 2.54. The van der Waals surface area contributed by atoms with Crippen LogP contribution < -0.4 is 11.1 Å². The van der Waals surface area contributed by atoms with E-state index in [-0.39, 0.29) is 11.8 Å². The van der Waals surface area contributed by atoms with Gasteiger partial charge in [-0.25, -0.2) is 9.59 Å². The Hall–Kier alpha value is -2.41. The van der Waals surface area contributed by atoms with Crippen LogP contribution in [0.5, 0.6) is 0 Å². The molecule has 2 atom stereocenters. The predicted molar refractivity (Wildman–Crippen MR) is 92.4 cm³/mol. The quantitative estimate of drug-likeness (QED) is 0.543. The Morgan fingerprint density at radius 1 is 1.00 bits per heavy atom. The first-order valence-electron chi connectivity index (χ1n) is 8.18. The number of hydrogen-bond acceptors (Lipinski definition) is 6. The van der Waals surface area contributed by atoms with E-state index in [1.807, 2.05) is 13.8 Å². The summed E-state index contributed by atoms with van der Waals surface area (Å²) in [5, 5.41) is 2.59. The molecule has 0 bridgehead atoms. The van der Waals surface area contributed by atoms with Crippen LogP contribution in [0.4, 0.5) is 0 Å². The fourth-order valence-electron chi connectivity index (χ4n) is 1.94. The van der Waals surface area contributed by atoms with Crippen LogP contribution >= 0.6 is 0 Å². The number of rotatable bonds is 8. The van der Waals surface area contributed by atoms with Gasteiger partial charge in [-0.2, -0.15) is 0 Å². The SMILES string of the molecule is CC(C)C(N)C(=O)NC(C(=O)OCOC(=O)c1ccccc1)C(C)C. The van der Waals surface area contributed by atoms with Crippen molar-refractivity contribution < 1.29 is 23.9 Å². The van der Waals surface area contributed by atoms with Gasteiger partial charge in [0.05, 0.1) is 11.6 Å². The Bertz CT molecular complexity index is 586. The van der Waals surface area contributed by atoms with Gasteiger partial charge in [0, 0.05) is 0 Å². The second-order valence-electron chi connectivity index (χ2n) is 6.38. The van der Waals surface area contributed by atoms with Gasteiger partial charge in [-0.05, 0) is 24.0 Å². The highest BCUT2D eigenvalue weighted by atomic mass is 16.7. The number of ether oxygens (including phenoxy) is 2. The average Bonchev–Trinajstić information content (AvgIpc) is 2.58. The highest BCUT2D eigenvalue weighted by Crippen LogP contribution is 2.07. The minimum atomic E-state index is -0.868. The first-order chi connectivity index (χ1) is 11.7. The van der Waals surface area contributed by atoms with Crippen LogP contribution in [0.15, 0.2) is 30.3 Å². The van der Waals surface area contributed by atoms with Crippen molar-refractivity contribution in [1.82, 2.24) is 5.32 Å². The molecule has 3 N–H and O–H groups in total. The fourth-order valence-corrected chi connectivity index (χ4v) is 1.94. The van der Waals surface area contributed by atoms with Crippen molar-refractivity contribution in [3.05, 3.63) is 35.9 Å². The molecular weight excluding hydrogens is 324 g/mol. The molecule has 1 aromatic rings. The molecule has 0 spiro atoms. The van der Waals surface area contributed by atoms with Crippen LogP contribution in [0.1, 0.15) is 38.1 Å². The van der Waals surface area contributed by atoms with Crippen molar-refractivity contribution >= 4 is 17.8 Å². The van der Waals surface area contributed by atoms with Gasteiger partial charge in [0.2, 0.25) is 12.7 Å². The number of amides is 1. The summed E-state index contributed by atoms with van der Waals surface area (Å²) in [6.45, 7) is 6.64. The van der Waals surface area contributed by atoms with Gasteiger partial charge in [0.15, 0.2) is 0 Å². The molecule has 7 nitrogen and oxygen atoms in total. The molecule has 1 rings (SSSR count). The first kappa shape index (κ1) is 20.6. The maximum atomic E-state index is 12.2. The lowest BCUT2D eigenvalue weighted by Gasteiger charge is -2.23. The zero-order valence-corrected chi connectivity index (χ0v) is 15.0. The zero-order chi connectivity index (χ0) is 19.0. The zero-order valence-electron chi connectivity index (χ0n) is 15.0. The van der Waals surface area contributed by atoms with Gasteiger partial charge in [0.25, 0.3) is 0 Å². The summed E-state index contributed by atoms with van der Waals surface area (Å²) in [5.41, 5.74) is 6.14. The lowest BCUT2D eigenvalue weighted by molar-refractivity contribution is -0.157. The lowest BCUT2D eigenvalue weighted by atomic mass is 10.0. The molecule has 0 aromatic heterocycles. The first-order valence-corrected chi connectivity index (χ1v) is 8.18. The van der Waals surface area contributed by atoms with Crippen LogP contribution in [-0.4, -0.2) is 36.7 Å². The third-order valence-electron chi connectivity index (χ3n) is 3.64. The van der Waals surface area contributed by atoms with Gasteiger partial charge in [-0.3, -0.25) is 4.79 Å². The topological polar surface area (TPSA) is 108 Å². The van der Waals surface area contributed by atoms with Crippen LogP contribution in [-0.2, 0) is 19.1 Å². The van der Waals surface area contributed by atoms with E-state index < -0.39 is 36.7 Å². The van der Waals surface area contributed by atoms with E-state index in [1.54, 1.807) is 44.2 Å². The smallest absolute Gasteiger partial charge is 0.340 e. The number of nitrogens with two attached hydrogens (primary N) is 1. The van der Waals surface area contributed by atoms with Crippen molar-refractivity contribution in [2.45, 2.75) is 39.8 Å². The third kappa shape index (κ3) is 6.54.